The molecule has 35 heavy (non-hydrogen) atoms. The number of nitrogens with zero attached hydrogens (tertiary/aromatic N) is 4. The Morgan fingerprint density at radius 1 is 1.09 bits per heavy atom. The van der Waals surface area contributed by atoms with Gasteiger partial charge in [0, 0.05) is 22.5 Å². The molecular formula is C26H24FN5O2S. The summed E-state index contributed by atoms with van der Waals surface area (Å²) >= 11 is 1.54. The highest BCUT2D eigenvalue weighted by atomic mass is 32.2. The number of nitrogens with one attached hydrogen (secondary N) is 1. The van der Waals surface area contributed by atoms with Crippen LogP contribution in [-0.4, -0.2) is 31.4 Å². The number of anilines is 1. The van der Waals surface area contributed by atoms with Gasteiger partial charge in [-0.1, -0.05) is 30.3 Å². The summed E-state index contributed by atoms with van der Waals surface area (Å²) in [6.07, 6.45) is 0. The lowest BCUT2D eigenvalue weighted by molar-refractivity contribution is -0.113. The molecule has 1 atom stereocenters. The lowest BCUT2D eigenvalue weighted by Crippen LogP contribution is -2.17. The molecule has 9 heteroatoms. The van der Waals surface area contributed by atoms with Crippen LogP contribution in [0, 0.1) is 26.6 Å². The van der Waals surface area contributed by atoms with Gasteiger partial charge in [0.1, 0.15) is 24.0 Å². The van der Waals surface area contributed by atoms with Crippen LogP contribution in [0.4, 0.5) is 10.2 Å². The third kappa shape index (κ3) is 4.77. The molecule has 5 rings (SSSR count). The van der Waals surface area contributed by atoms with Crippen molar-refractivity contribution in [1.29, 1.82) is 0 Å². The number of thioether (sulfide) groups is 1. The summed E-state index contributed by atoms with van der Waals surface area (Å²) in [6.45, 7) is 5.88. The molecular weight excluding hydrogens is 465 g/mol. The first-order valence-electron chi connectivity index (χ1n) is 11.2. The van der Waals surface area contributed by atoms with Gasteiger partial charge in [-0.3, -0.25) is 4.79 Å². The number of hydrogen-bond acceptors (Lipinski definition) is 6. The van der Waals surface area contributed by atoms with Crippen LogP contribution in [0.5, 0.6) is 5.75 Å². The van der Waals surface area contributed by atoms with E-state index in [4.69, 9.17) is 4.74 Å². The number of ether oxygens (including phenoxy) is 1. The summed E-state index contributed by atoms with van der Waals surface area (Å²) in [5, 5.41) is 7.57. The Labute approximate surface area is 206 Å². The van der Waals surface area contributed by atoms with Crippen LogP contribution in [0.2, 0.25) is 0 Å². The van der Waals surface area contributed by atoms with Gasteiger partial charge in [-0.05, 0) is 50.6 Å². The molecule has 0 radical (unpaired) electrons. The van der Waals surface area contributed by atoms with Crippen LogP contribution in [0.3, 0.4) is 0 Å². The predicted octanol–water partition coefficient (Wildman–Crippen LogP) is 5.08. The second-order valence-electron chi connectivity index (χ2n) is 8.40. The van der Waals surface area contributed by atoms with E-state index in [9.17, 15) is 9.18 Å². The van der Waals surface area contributed by atoms with Crippen LogP contribution < -0.4 is 10.1 Å². The molecule has 3 heterocycles. The van der Waals surface area contributed by atoms with Gasteiger partial charge >= 0.3 is 0 Å². The van der Waals surface area contributed by atoms with Crippen molar-refractivity contribution in [3.63, 3.8) is 0 Å². The van der Waals surface area contributed by atoms with Gasteiger partial charge < -0.3 is 10.1 Å². The van der Waals surface area contributed by atoms with E-state index in [0.29, 0.717) is 28.8 Å². The number of fused-ring (bicyclic) bond motifs is 1. The maximum Gasteiger partial charge on any atom is 0.252 e. The number of rotatable bonds is 5. The minimum atomic E-state index is -0.288. The van der Waals surface area contributed by atoms with Crippen molar-refractivity contribution >= 4 is 23.5 Å². The van der Waals surface area contributed by atoms with E-state index in [2.05, 4.69) is 20.4 Å². The third-order valence-corrected chi connectivity index (χ3v) is 6.97. The molecule has 1 N–H and O–H groups in total. The second kappa shape index (κ2) is 9.50. The van der Waals surface area contributed by atoms with E-state index < -0.39 is 0 Å². The zero-order valence-corrected chi connectivity index (χ0v) is 20.4. The predicted molar refractivity (Wildman–Crippen MR) is 133 cm³/mol. The SMILES string of the molecule is Cc1cc(C)nc(-n2nc(C)c3c2NC(=O)CSC3c2ccc(OCc3ccccc3F)cc2)n1. The highest BCUT2D eigenvalue weighted by molar-refractivity contribution is 8.00. The molecule has 0 bridgehead atoms. The van der Waals surface area contributed by atoms with E-state index in [1.165, 1.54) is 17.8 Å². The molecule has 1 amide bonds. The number of halogens is 1. The number of carbonyl (C=O) groups excluding carboxylic acids is 1. The van der Waals surface area contributed by atoms with Crippen molar-refractivity contribution in [2.45, 2.75) is 32.6 Å². The van der Waals surface area contributed by atoms with Crippen molar-refractivity contribution in [3.8, 4) is 11.7 Å². The van der Waals surface area contributed by atoms with Crippen molar-refractivity contribution in [2.24, 2.45) is 0 Å². The fourth-order valence-electron chi connectivity index (χ4n) is 4.11. The highest BCUT2D eigenvalue weighted by Gasteiger charge is 2.31. The van der Waals surface area contributed by atoms with E-state index in [1.807, 2.05) is 51.1 Å². The lowest BCUT2D eigenvalue weighted by atomic mass is 10.0. The maximum absolute atomic E-state index is 13.9. The van der Waals surface area contributed by atoms with Gasteiger partial charge in [-0.15, -0.1) is 11.8 Å². The summed E-state index contributed by atoms with van der Waals surface area (Å²) in [5.74, 6) is 1.57. The fourth-order valence-corrected chi connectivity index (χ4v) is 5.30. The molecule has 178 valence electrons. The van der Waals surface area contributed by atoms with E-state index in [1.54, 1.807) is 22.9 Å². The average molecular weight is 490 g/mol. The number of aryl methyl sites for hydroxylation is 3. The first kappa shape index (κ1) is 23.0. The van der Waals surface area contributed by atoms with Crippen LogP contribution >= 0.6 is 11.8 Å². The van der Waals surface area contributed by atoms with Gasteiger partial charge in [0.2, 0.25) is 5.91 Å². The molecule has 7 nitrogen and oxygen atoms in total. The van der Waals surface area contributed by atoms with Gasteiger partial charge in [-0.25, -0.2) is 14.4 Å². The van der Waals surface area contributed by atoms with Crippen molar-refractivity contribution < 1.29 is 13.9 Å². The Morgan fingerprint density at radius 3 is 2.51 bits per heavy atom. The first-order chi connectivity index (χ1) is 16.9. The lowest BCUT2D eigenvalue weighted by Gasteiger charge is -2.16. The molecule has 1 aliphatic heterocycles. The Kier molecular flexibility index (Phi) is 6.25. The molecule has 1 aliphatic rings. The zero-order valence-electron chi connectivity index (χ0n) is 19.6. The van der Waals surface area contributed by atoms with E-state index >= 15 is 0 Å². The van der Waals surface area contributed by atoms with E-state index in [0.717, 1.165) is 28.2 Å². The molecule has 0 saturated carbocycles. The highest BCUT2D eigenvalue weighted by Crippen LogP contribution is 2.44. The molecule has 0 aliphatic carbocycles. The molecule has 2 aromatic carbocycles. The Bertz CT molecular complexity index is 1380. The maximum atomic E-state index is 13.9. The smallest absolute Gasteiger partial charge is 0.252 e. The monoisotopic (exact) mass is 489 g/mol. The third-order valence-electron chi connectivity index (χ3n) is 5.70. The number of benzene rings is 2. The van der Waals surface area contributed by atoms with Gasteiger partial charge in [-0.2, -0.15) is 9.78 Å². The molecule has 0 spiro atoms. The first-order valence-corrected chi connectivity index (χ1v) is 12.2. The molecule has 4 aromatic rings. The van der Waals surface area contributed by atoms with Crippen molar-refractivity contribution in [2.75, 3.05) is 11.1 Å². The van der Waals surface area contributed by atoms with Crippen molar-refractivity contribution in [3.05, 3.63) is 94.2 Å². The summed E-state index contributed by atoms with van der Waals surface area (Å²) in [6, 6.07) is 16.1. The summed E-state index contributed by atoms with van der Waals surface area (Å²) in [4.78, 5) is 21.6. The largest absolute Gasteiger partial charge is 0.489 e. The zero-order chi connectivity index (χ0) is 24.5. The Balaban J connectivity index is 1.46. The van der Waals surface area contributed by atoms with Crippen LogP contribution in [0.15, 0.2) is 54.6 Å². The minimum Gasteiger partial charge on any atom is -0.489 e. The number of hydrogen-bond donors (Lipinski definition) is 1. The van der Waals surface area contributed by atoms with Gasteiger partial charge in [0.25, 0.3) is 5.95 Å². The van der Waals surface area contributed by atoms with Gasteiger partial charge in [0.05, 0.1) is 16.7 Å². The Hall–Kier alpha value is -3.72. The number of carbonyl (C=O) groups is 1. The molecule has 2 aromatic heterocycles. The standard InChI is InChI=1S/C26H24FN5O2S/c1-15-12-16(2)29-26(28-15)32-25-23(17(3)31-32)24(35-14-22(33)30-25)18-8-10-20(11-9-18)34-13-19-6-4-5-7-21(19)27/h4-12,24H,13-14H2,1-3H3,(H,30,33). The summed E-state index contributed by atoms with van der Waals surface area (Å²) in [5.41, 5.74) is 4.88. The normalized spacial score (nSPS) is 15.3. The summed E-state index contributed by atoms with van der Waals surface area (Å²) in [7, 11) is 0. The molecule has 0 saturated heterocycles. The second-order valence-corrected chi connectivity index (χ2v) is 9.49. The van der Waals surface area contributed by atoms with E-state index in [-0.39, 0.29) is 23.6 Å². The van der Waals surface area contributed by atoms with Crippen LogP contribution in [-0.2, 0) is 11.4 Å². The average Bonchev–Trinajstić information content (AvgIpc) is 3.03. The number of aromatic nitrogens is 4. The number of amides is 1. The quantitative estimate of drug-likeness (QED) is 0.421. The van der Waals surface area contributed by atoms with Crippen LogP contribution in [0.25, 0.3) is 5.95 Å². The van der Waals surface area contributed by atoms with Crippen molar-refractivity contribution in [1.82, 2.24) is 19.7 Å². The van der Waals surface area contributed by atoms with Gasteiger partial charge in [0.15, 0.2) is 0 Å². The fraction of sp³-hybridized carbons (Fsp3) is 0.231. The minimum absolute atomic E-state index is 0.103. The molecule has 1 unspecified atom stereocenters. The molecule has 0 fully saturated rings. The topological polar surface area (TPSA) is 81.9 Å². The Morgan fingerprint density at radius 2 is 1.80 bits per heavy atom. The van der Waals surface area contributed by atoms with Crippen LogP contribution in [0.1, 0.15) is 39.0 Å². The summed E-state index contributed by atoms with van der Waals surface area (Å²) < 4.78 is 21.3.